The van der Waals surface area contributed by atoms with Crippen LogP contribution in [0.15, 0.2) is 10.4 Å². The maximum absolute atomic E-state index is 12.6. The number of aliphatic imine (C=N–C) groups is 1. The van der Waals surface area contributed by atoms with Crippen LogP contribution in [-0.4, -0.2) is 61.4 Å². The lowest BCUT2D eigenvalue weighted by Crippen LogP contribution is -2.51. The summed E-state index contributed by atoms with van der Waals surface area (Å²) in [6, 6.07) is -0.126. The van der Waals surface area contributed by atoms with E-state index in [1.54, 1.807) is 11.3 Å². The van der Waals surface area contributed by atoms with E-state index in [0.29, 0.717) is 23.4 Å². The number of guanidine groups is 1. The molecule has 0 atom stereocenters. The van der Waals surface area contributed by atoms with Gasteiger partial charge in [-0.3, -0.25) is 4.99 Å². The molecule has 28 heavy (non-hydrogen) atoms. The van der Waals surface area contributed by atoms with Crippen molar-refractivity contribution in [1.82, 2.24) is 19.9 Å². The first-order valence-corrected chi connectivity index (χ1v) is 11.5. The summed E-state index contributed by atoms with van der Waals surface area (Å²) in [5.41, 5.74) is -4.24. The molecular formula is C16H26F3N5O2S2. The third-order valence-electron chi connectivity index (χ3n) is 4.26. The van der Waals surface area contributed by atoms with Crippen LogP contribution in [0, 0.1) is 6.92 Å². The van der Waals surface area contributed by atoms with E-state index in [1.807, 2.05) is 19.2 Å². The number of piperidine rings is 1. The molecule has 1 fully saturated rings. The summed E-state index contributed by atoms with van der Waals surface area (Å²) in [7, 11) is -5.25. The molecule has 1 aromatic rings. The molecule has 0 unspecified atom stereocenters. The van der Waals surface area contributed by atoms with Gasteiger partial charge in [-0.2, -0.15) is 17.5 Å². The van der Waals surface area contributed by atoms with Crippen molar-refractivity contribution in [3.8, 4) is 0 Å². The van der Waals surface area contributed by atoms with E-state index in [1.165, 1.54) is 0 Å². The Morgan fingerprint density at radius 1 is 1.39 bits per heavy atom. The fraction of sp³-hybridized carbons (Fsp3) is 0.750. The Balaban J connectivity index is 1.82. The van der Waals surface area contributed by atoms with Gasteiger partial charge in [0.1, 0.15) is 0 Å². The summed E-state index contributed by atoms with van der Waals surface area (Å²) in [4.78, 5) is 8.90. The number of aromatic nitrogens is 1. The van der Waals surface area contributed by atoms with Crippen molar-refractivity contribution in [3.63, 3.8) is 0 Å². The normalized spacial score (nSPS) is 17.7. The zero-order chi connectivity index (χ0) is 20.8. The van der Waals surface area contributed by atoms with Crippen LogP contribution in [-0.2, 0) is 16.4 Å². The van der Waals surface area contributed by atoms with Crippen LogP contribution < -0.4 is 10.6 Å². The molecule has 1 aromatic heterocycles. The van der Waals surface area contributed by atoms with Crippen LogP contribution in [0.25, 0.3) is 0 Å². The summed E-state index contributed by atoms with van der Waals surface area (Å²) in [5.74, 6) is 0.593. The van der Waals surface area contributed by atoms with Crippen LogP contribution >= 0.6 is 11.3 Å². The lowest BCUT2D eigenvalue weighted by Gasteiger charge is -2.32. The van der Waals surface area contributed by atoms with E-state index in [4.69, 9.17) is 0 Å². The maximum Gasteiger partial charge on any atom is 0.511 e. The van der Waals surface area contributed by atoms with Gasteiger partial charge in [0, 0.05) is 49.7 Å². The molecular weight excluding hydrogens is 415 g/mol. The van der Waals surface area contributed by atoms with Gasteiger partial charge < -0.3 is 10.6 Å². The van der Waals surface area contributed by atoms with E-state index < -0.39 is 15.5 Å². The number of rotatable bonds is 7. The van der Waals surface area contributed by atoms with Crippen LogP contribution in [0.1, 0.15) is 36.9 Å². The topological polar surface area (TPSA) is 86.7 Å². The molecule has 0 spiro atoms. The molecule has 7 nitrogen and oxygen atoms in total. The van der Waals surface area contributed by atoms with Gasteiger partial charge in [0.25, 0.3) is 0 Å². The highest BCUT2D eigenvalue weighted by Crippen LogP contribution is 2.28. The number of halogens is 3. The fourth-order valence-corrected chi connectivity index (χ4v) is 4.64. The van der Waals surface area contributed by atoms with Gasteiger partial charge in [0.15, 0.2) is 5.96 Å². The molecule has 0 aliphatic carbocycles. The third-order valence-corrected chi connectivity index (χ3v) is 6.91. The monoisotopic (exact) mass is 441 g/mol. The van der Waals surface area contributed by atoms with Crippen molar-refractivity contribution in [2.45, 2.75) is 51.1 Å². The Hall–Kier alpha value is -1.40. The van der Waals surface area contributed by atoms with Crippen molar-refractivity contribution >= 4 is 27.3 Å². The molecule has 1 saturated heterocycles. The molecule has 2 N–H and O–H groups in total. The second-order valence-electron chi connectivity index (χ2n) is 6.52. The van der Waals surface area contributed by atoms with Crippen LogP contribution in [0.4, 0.5) is 13.2 Å². The Morgan fingerprint density at radius 3 is 2.61 bits per heavy atom. The number of nitrogens with one attached hydrogen (secondary N) is 2. The Morgan fingerprint density at radius 2 is 2.07 bits per heavy atom. The number of nitrogens with zero attached hydrogens (tertiary/aromatic N) is 3. The first kappa shape index (κ1) is 22.9. The SMILES string of the molecule is CCNC(=NCCCc1nc(C)cs1)NC1CCN(S(=O)(=O)C(F)(F)F)CC1. The minimum absolute atomic E-state index is 0.126. The molecule has 12 heteroatoms. The quantitative estimate of drug-likeness (QED) is 0.385. The van der Waals surface area contributed by atoms with Gasteiger partial charge >= 0.3 is 15.5 Å². The highest BCUT2D eigenvalue weighted by atomic mass is 32.2. The minimum Gasteiger partial charge on any atom is -0.357 e. The van der Waals surface area contributed by atoms with E-state index in [2.05, 4.69) is 20.6 Å². The van der Waals surface area contributed by atoms with Crippen LogP contribution in [0.3, 0.4) is 0 Å². The molecule has 0 radical (unpaired) electrons. The Labute approximate surface area is 167 Å². The van der Waals surface area contributed by atoms with Crippen LogP contribution in [0.5, 0.6) is 0 Å². The summed E-state index contributed by atoms with van der Waals surface area (Å²) < 4.78 is 61.4. The van der Waals surface area contributed by atoms with E-state index in [-0.39, 0.29) is 32.0 Å². The highest BCUT2D eigenvalue weighted by Gasteiger charge is 2.50. The number of hydrogen-bond donors (Lipinski definition) is 2. The van der Waals surface area contributed by atoms with Crippen molar-refractivity contribution < 1.29 is 21.6 Å². The second kappa shape index (κ2) is 9.88. The average Bonchev–Trinajstić information content (AvgIpc) is 3.03. The zero-order valence-electron chi connectivity index (χ0n) is 15.9. The number of alkyl halides is 3. The van der Waals surface area contributed by atoms with Crippen LogP contribution in [0.2, 0.25) is 0 Å². The predicted octanol–water partition coefficient (Wildman–Crippen LogP) is 2.25. The van der Waals surface area contributed by atoms with Crippen molar-refractivity contribution in [1.29, 1.82) is 0 Å². The summed E-state index contributed by atoms with van der Waals surface area (Å²) in [6.45, 7) is 4.79. The van der Waals surface area contributed by atoms with Gasteiger partial charge in [-0.1, -0.05) is 0 Å². The first-order valence-electron chi connectivity index (χ1n) is 9.15. The van der Waals surface area contributed by atoms with Gasteiger partial charge in [0.05, 0.1) is 5.01 Å². The molecule has 2 rings (SSSR count). The molecule has 1 aliphatic rings. The van der Waals surface area contributed by atoms with Crippen molar-refractivity contribution in [2.75, 3.05) is 26.2 Å². The van der Waals surface area contributed by atoms with Gasteiger partial charge in [-0.05, 0) is 33.1 Å². The molecule has 0 amide bonds. The average molecular weight is 442 g/mol. The number of hydrogen-bond acceptors (Lipinski definition) is 5. The Bertz CT molecular complexity index is 757. The smallest absolute Gasteiger partial charge is 0.357 e. The van der Waals surface area contributed by atoms with E-state index in [9.17, 15) is 21.6 Å². The molecule has 0 saturated carbocycles. The van der Waals surface area contributed by atoms with E-state index >= 15 is 0 Å². The second-order valence-corrected chi connectivity index (χ2v) is 9.39. The van der Waals surface area contributed by atoms with Gasteiger partial charge in [0.2, 0.25) is 0 Å². The standard InChI is InChI=1S/C16H26F3N5O2S2/c1-3-20-15(21-8-4-5-14-22-12(2)11-27-14)23-13-6-9-24(10-7-13)28(25,26)16(17,18)19/h11,13H,3-10H2,1-2H3,(H2,20,21,23). The summed E-state index contributed by atoms with van der Waals surface area (Å²) in [6.07, 6.45) is 2.26. The largest absolute Gasteiger partial charge is 0.511 e. The molecule has 160 valence electrons. The van der Waals surface area contributed by atoms with E-state index in [0.717, 1.165) is 23.5 Å². The molecule has 0 bridgehead atoms. The van der Waals surface area contributed by atoms with Gasteiger partial charge in [-0.15, -0.1) is 11.3 Å². The predicted molar refractivity (Wildman–Crippen MR) is 104 cm³/mol. The molecule has 2 heterocycles. The van der Waals surface area contributed by atoms with Crippen molar-refractivity contribution in [3.05, 3.63) is 16.1 Å². The first-order chi connectivity index (χ1) is 13.1. The Kier molecular flexibility index (Phi) is 8.07. The minimum atomic E-state index is -5.25. The van der Waals surface area contributed by atoms with Gasteiger partial charge in [-0.25, -0.2) is 13.4 Å². The highest BCUT2D eigenvalue weighted by molar-refractivity contribution is 7.90. The fourth-order valence-electron chi connectivity index (χ4n) is 2.84. The maximum atomic E-state index is 12.6. The summed E-state index contributed by atoms with van der Waals surface area (Å²) >= 11 is 1.63. The van der Waals surface area contributed by atoms with Crippen molar-refractivity contribution in [2.24, 2.45) is 4.99 Å². The molecule has 1 aliphatic heterocycles. The number of aryl methyl sites for hydroxylation is 2. The summed E-state index contributed by atoms with van der Waals surface area (Å²) in [5, 5.41) is 9.39. The lowest BCUT2D eigenvalue weighted by atomic mass is 10.1. The zero-order valence-corrected chi connectivity index (χ0v) is 17.6. The number of sulfonamides is 1. The third kappa shape index (κ3) is 6.31. The lowest BCUT2D eigenvalue weighted by molar-refractivity contribution is -0.0494. The molecule has 0 aromatic carbocycles. The number of thiazole rings is 1.